The van der Waals surface area contributed by atoms with Crippen LogP contribution in [-0.4, -0.2) is 28.8 Å². The highest BCUT2D eigenvalue weighted by molar-refractivity contribution is 7.85. The molecule has 0 atom stereocenters. The molecule has 0 unspecified atom stereocenters. The lowest BCUT2D eigenvalue weighted by Crippen LogP contribution is -2.37. The maximum atomic E-state index is 10.3. The molecule has 0 aliphatic heterocycles. The maximum Gasteiger partial charge on any atom is 0.279 e. The van der Waals surface area contributed by atoms with E-state index in [1.165, 1.54) is 0 Å². The summed E-state index contributed by atoms with van der Waals surface area (Å²) in [7, 11) is -4.01. The smallest absolute Gasteiger partial charge is 0.279 e. The molecular formula is C5H12ClNO3S. The van der Waals surface area contributed by atoms with Gasteiger partial charge < -0.3 is 0 Å². The second-order valence-corrected chi connectivity index (χ2v) is 5.07. The minimum atomic E-state index is -4.01. The van der Waals surface area contributed by atoms with Crippen LogP contribution in [0.1, 0.15) is 20.8 Å². The average molecular weight is 202 g/mol. The van der Waals surface area contributed by atoms with Crippen molar-refractivity contribution in [2.45, 2.75) is 26.3 Å². The van der Waals surface area contributed by atoms with Gasteiger partial charge in [-0.2, -0.15) is 12.8 Å². The van der Waals surface area contributed by atoms with Crippen LogP contribution in [0.15, 0.2) is 0 Å². The van der Waals surface area contributed by atoms with Crippen molar-refractivity contribution in [1.82, 2.24) is 4.42 Å². The molecule has 4 nitrogen and oxygen atoms in total. The van der Waals surface area contributed by atoms with E-state index in [0.717, 1.165) is 4.42 Å². The van der Waals surface area contributed by atoms with E-state index in [0.29, 0.717) is 0 Å². The lowest BCUT2D eigenvalue weighted by Gasteiger charge is -2.27. The van der Waals surface area contributed by atoms with Gasteiger partial charge in [0.1, 0.15) is 5.88 Å². The summed E-state index contributed by atoms with van der Waals surface area (Å²) in [5.41, 5.74) is -0.475. The van der Waals surface area contributed by atoms with Crippen LogP contribution in [0, 0.1) is 0 Å². The summed E-state index contributed by atoms with van der Waals surface area (Å²) in [6, 6.07) is 0. The Bertz CT molecular complexity index is 218. The SMILES string of the molecule is CC(C)(C)N(Cl)CS(=O)(=O)O. The van der Waals surface area contributed by atoms with E-state index in [-0.39, 0.29) is 0 Å². The van der Waals surface area contributed by atoms with Crippen LogP contribution in [0.4, 0.5) is 0 Å². The van der Waals surface area contributed by atoms with Crippen LogP contribution in [0.25, 0.3) is 0 Å². The normalized spacial score (nSPS) is 14.0. The Labute approximate surface area is 72.0 Å². The molecule has 0 bridgehead atoms. The van der Waals surface area contributed by atoms with Gasteiger partial charge in [-0.3, -0.25) is 4.55 Å². The predicted molar refractivity (Wildman–Crippen MR) is 43.9 cm³/mol. The fourth-order valence-electron chi connectivity index (χ4n) is 0.337. The zero-order chi connectivity index (χ0) is 9.28. The summed E-state index contributed by atoms with van der Waals surface area (Å²) in [6.07, 6.45) is 0. The molecule has 0 heterocycles. The molecule has 0 aliphatic carbocycles. The van der Waals surface area contributed by atoms with Gasteiger partial charge >= 0.3 is 0 Å². The highest BCUT2D eigenvalue weighted by Crippen LogP contribution is 2.16. The second kappa shape index (κ2) is 3.26. The van der Waals surface area contributed by atoms with Crippen molar-refractivity contribution in [1.29, 1.82) is 0 Å². The first-order valence-corrected chi connectivity index (χ1v) is 4.96. The van der Waals surface area contributed by atoms with E-state index >= 15 is 0 Å². The van der Waals surface area contributed by atoms with E-state index < -0.39 is 21.5 Å². The quantitative estimate of drug-likeness (QED) is 0.537. The largest absolute Gasteiger partial charge is 0.285 e. The molecule has 11 heavy (non-hydrogen) atoms. The van der Waals surface area contributed by atoms with Crippen molar-refractivity contribution < 1.29 is 13.0 Å². The van der Waals surface area contributed by atoms with Gasteiger partial charge in [0, 0.05) is 5.54 Å². The Morgan fingerprint density at radius 3 is 1.91 bits per heavy atom. The molecule has 0 saturated carbocycles. The van der Waals surface area contributed by atoms with Gasteiger partial charge in [-0.25, -0.2) is 0 Å². The van der Waals surface area contributed by atoms with Crippen molar-refractivity contribution in [3.05, 3.63) is 0 Å². The number of halogens is 1. The molecule has 0 fully saturated rings. The van der Waals surface area contributed by atoms with Crippen molar-refractivity contribution in [3.63, 3.8) is 0 Å². The fourth-order valence-corrected chi connectivity index (χ4v) is 1.38. The highest BCUT2D eigenvalue weighted by atomic mass is 35.5. The van der Waals surface area contributed by atoms with E-state index in [1.807, 2.05) is 0 Å². The summed E-state index contributed by atoms with van der Waals surface area (Å²) >= 11 is 5.54. The van der Waals surface area contributed by atoms with Crippen LogP contribution in [-0.2, 0) is 10.1 Å². The molecule has 0 spiro atoms. The molecule has 6 heteroatoms. The zero-order valence-corrected chi connectivity index (χ0v) is 8.28. The van der Waals surface area contributed by atoms with Gasteiger partial charge in [0.05, 0.1) is 0 Å². The van der Waals surface area contributed by atoms with Gasteiger partial charge in [-0.1, -0.05) is 0 Å². The van der Waals surface area contributed by atoms with Crippen LogP contribution in [0.5, 0.6) is 0 Å². The topological polar surface area (TPSA) is 57.6 Å². The van der Waals surface area contributed by atoms with Gasteiger partial charge in [-0.15, -0.1) is 0 Å². The molecule has 0 aromatic rings. The molecular weight excluding hydrogens is 190 g/mol. The van der Waals surface area contributed by atoms with E-state index in [1.54, 1.807) is 20.8 Å². The summed E-state index contributed by atoms with van der Waals surface area (Å²) in [5.74, 6) is -0.557. The van der Waals surface area contributed by atoms with E-state index in [2.05, 4.69) is 0 Å². The first kappa shape index (κ1) is 11.2. The first-order valence-electron chi connectivity index (χ1n) is 3.01. The lowest BCUT2D eigenvalue weighted by molar-refractivity contribution is 0.285. The van der Waals surface area contributed by atoms with Crippen molar-refractivity contribution in [2.24, 2.45) is 0 Å². The van der Waals surface area contributed by atoms with E-state index in [4.69, 9.17) is 16.3 Å². The average Bonchev–Trinajstić information content (AvgIpc) is 1.56. The minimum absolute atomic E-state index is 0.475. The highest BCUT2D eigenvalue weighted by Gasteiger charge is 2.23. The van der Waals surface area contributed by atoms with Crippen molar-refractivity contribution in [3.8, 4) is 0 Å². The Kier molecular flexibility index (Phi) is 3.31. The molecule has 0 aromatic carbocycles. The lowest BCUT2D eigenvalue weighted by atomic mass is 10.1. The molecule has 0 saturated heterocycles. The maximum absolute atomic E-state index is 10.3. The second-order valence-electron chi connectivity index (χ2n) is 3.24. The van der Waals surface area contributed by atoms with Crippen molar-refractivity contribution >= 4 is 21.9 Å². The molecule has 0 rings (SSSR count). The molecule has 0 aromatic heterocycles. The molecule has 0 amide bonds. The standard InChI is InChI=1S/C5H12ClNO3S/c1-5(2,3)7(6)4-11(8,9)10/h4H2,1-3H3,(H,8,9,10). The van der Waals surface area contributed by atoms with Crippen LogP contribution >= 0.6 is 11.8 Å². The Morgan fingerprint density at radius 1 is 1.45 bits per heavy atom. The minimum Gasteiger partial charge on any atom is -0.285 e. The van der Waals surface area contributed by atoms with E-state index in [9.17, 15) is 8.42 Å². The van der Waals surface area contributed by atoms with Gasteiger partial charge in [0.25, 0.3) is 10.1 Å². The number of rotatable bonds is 2. The molecule has 1 N–H and O–H groups in total. The third kappa shape index (κ3) is 5.43. The van der Waals surface area contributed by atoms with Crippen LogP contribution < -0.4 is 0 Å². The zero-order valence-electron chi connectivity index (χ0n) is 6.70. The summed E-state index contributed by atoms with van der Waals surface area (Å²) in [5, 5.41) is 0. The summed E-state index contributed by atoms with van der Waals surface area (Å²) in [6.45, 7) is 5.22. The Balaban J connectivity index is 4.21. The number of hydrogen-bond acceptors (Lipinski definition) is 3. The summed E-state index contributed by atoms with van der Waals surface area (Å²) < 4.78 is 30.1. The van der Waals surface area contributed by atoms with Gasteiger partial charge in [0.2, 0.25) is 0 Å². The van der Waals surface area contributed by atoms with Crippen LogP contribution in [0.2, 0.25) is 0 Å². The fraction of sp³-hybridized carbons (Fsp3) is 1.00. The Morgan fingerprint density at radius 2 is 1.82 bits per heavy atom. The van der Waals surface area contributed by atoms with Gasteiger partial charge in [0.15, 0.2) is 0 Å². The monoisotopic (exact) mass is 201 g/mol. The predicted octanol–water partition coefficient (Wildman–Crippen LogP) is 1.09. The number of hydrogen-bond donors (Lipinski definition) is 1. The van der Waals surface area contributed by atoms with Gasteiger partial charge in [-0.05, 0) is 32.5 Å². The van der Waals surface area contributed by atoms with Crippen LogP contribution in [0.3, 0.4) is 0 Å². The third-order valence-electron chi connectivity index (χ3n) is 1.00. The molecule has 68 valence electrons. The number of nitrogens with zero attached hydrogens (tertiary/aromatic N) is 1. The first-order chi connectivity index (χ1) is 4.63. The Hall–Kier alpha value is 0.160. The molecule has 0 radical (unpaired) electrons. The molecule has 0 aliphatic rings. The van der Waals surface area contributed by atoms with Crippen molar-refractivity contribution in [2.75, 3.05) is 5.88 Å². The summed E-state index contributed by atoms with van der Waals surface area (Å²) in [4.78, 5) is 0. The third-order valence-corrected chi connectivity index (χ3v) is 2.36.